The van der Waals surface area contributed by atoms with E-state index in [2.05, 4.69) is 13.8 Å². The first-order chi connectivity index (χ1) is 11.4. The van der Waals surface area contributed by atoms with E-state index in [9.17, 15) is 10.2 Å². The topological polar surface area (TPSA) is 49.7 Å². The molecule has 4 saturated carbocycles. The first-order valence-electron chi connectivity index (χ1n) is 10.2. The molecule has 4 aliphatic rings. The fourth-order valence-electron chi connectivity index (χ4n) is 7.85. The normalized spacial score (nSPS) is 57.1. The fraction of sp³-hybridized carbons (Fsp3) is 1.00. The highest BCUT2D eigenvalue weighted by Crippen LogP contribution is 2.67. The third-order valence-electron chi connectivity index (χ3n) is 9.15. The third-order valence-corrected chi connectivity index (χ3v) is 9.15. The lowest BCUT2D eigenvalue weighted by Crippen LogP contribution is -2.57. The summed E-state index contributed by atoms with van der Waals surface area (Å²) >= 11 is 0. The summed E-state index contributed by atoms with van der Waals surface area (Å²) in [6.45, 7) is 5.72. The average molecular weight is 337 g/mol. The standard InChI is InChI=1S/C21H36O3/c1-20-8-6-14(22)11-18(20)13(12-24-3)10-15-16-4-5-19(23)21(16,2)9-7-17(15)20/h13-19,22-23H,4-12H2,1-3H3. The molecule has 0 radical (unpaired) electrons. The van der Waals surface area contributed by atoms with Crippen molar-refractivity contribution in [1.29, 1.82) is 0 Å². The van der Waals surface area contributed by atoms with Crippen LogP contribution in [0.4, 0.5) is 0 Å². The highest BCUT2D eigenvalue weighted by molar-refractivity contribution is 5.10. The van der Waals surface area contributed by atoms with Crippen LogP contribution in [0.3, 0.4) is 0 Å². The molecule has 4 aliphatic carbocycles. The van der Waals surface area contributed by atoms with E-state index in [0.29, 0.717) is 23.2 Å². The second-order valence-corrected chi connectivity index (χ2v) is 10.0. The molecule has 0 amide bonds. The Morgan fingerprint density at radius 2 is 1.58 bits per heavy atom. The van der Waals surface area contributed by atoms with Gasteiger partial charge >= 0.3 is 0 Å². The largest absolute Gasteiger partial charge is 0.393 e. The molecule has 9 unspecified atom stereocenters. The van der Waals surface area contributed by atoms with Gasteiger partial charge in [-0.1, -0.05) is 13.8 Å². The number of aliphatic hydroxyl groups is 2. The molecule has 4 rings (SSSR count). The molecule has 2 N–H and O–H groups in total. The van der Waals surface area contributed by atoms with Crippen LogP contribution in [0.5, 0.6) is 0 Å². The average Bonchev–Trinajstić information content (AvgIpc) is 2.85. The van der Waals surface area contributed by atoms with Gasteiger partial charge in [-0.15, -0.1) is 0 Å². The van der Waals surface area contributed by atoms with Crippen LogP contribution in [0, 0.1) is 40.4 Å². The van der Waals surface area contributed by atoms with Gasteiger partial charge in [0.1, 0.15) is 0 Å². The molecular formula is C21H36O3. The van der Waals surface area contributed by atoms with E-state index in [1.54, 1.807) is 0 Å². The third kappa shape index (κ3) is 2.34. The van der Waals surface area contributed by atoms with Crippen molar-refractivity contribution in [1.82, 2.24) is 0 Å². The summed E-state index contributed by atoms with van der Waals surface area (Å²) in [6, 6.07) is 0. The fourth-order valence-corrected chi connectivity index (χ4v) is 7.85. The molecule has 9 atom stereocenters. The van der Waals surface area contributed by atoms with Gasteiger partial charge in [0.15, 0.2) is 0 Å². The highest BCUT2D eigenvalue weighted by atomic mass is 16.5. The van der Waals surface area contributed by atoms with E-state index >= 15 is 0 Å². The molecular weight excluding hydrogens is 300 g/mol. The quantitative estimate of drug-likeness (QED) is 0.810. The van der Waals surface area contributed by atoms with Crippen molar-refractivity contribution in [3.63, 3.8) is 0 Å². The maximum absolute atomic E-state index is 10.6. The lowest BCUT2D eigenvalue weighted by atomic mass is 9.43. The van der Waals surface area contributed by atoms with Gasteiger partial charge in [0.05, 0.1) is 12.2 Å². The molecule has 0 heterocycles. The second kappa shape index (κ2) is 5.96. The zero-order valence-corrected chi connectivity index (χ0v) is 15.7. The van der Waals surface area contributed by atoms with E-state index in [1.807, 2.05) is 7.11 Å². The zero-order valence-electron chi connectivity index (χ0n) is 15.7. The van der Waals surface area contributed by atoms with E-state index < -0.39 is 0 Å². The molecule has 4 fully saturated rings. The van der Waals surface area contributed by atoms with Gasteiger partial charge < -0.3 is 14.9 Å². The van der Waals surface area contributed by atoms with E-state index in [0.717, 1.165) is 37.7 Å². The van der Waals surface area contributed by atoms with Crippen molar-refractivity contribution in [2.24, 2.45) is 40.4 Å². The summed E-state index contributed by atoms with van der Waals surface area (Å²) in [5, 5.41) is 20.9. The van der Waals surface area contributed by atoms with Crippen LogP contribution in [0.15, 0.2) is 0 Å². The predicted octanol–water partition coefficient (Wildman–Crippen LogP) is 3.62. The maximum Gasteiger partial charge on any atom is 0.0596 e. The Hall–Kier alpha value is -0.120. The van der Waals surface area contributed by atoms with Crippen LogP contribution < -0.4 is 0 Å². The van der Waals surface area contributed by atoms with Gasteiger partial charge in [0.2, 0.25) is 0 Å². The number of methoxy groups -OCH3 is 1. The lowest BCUT2D eigenvalue weighted by Gasteiger charge is -2.62. The van der Waals surface area contributed by atoms with Crippen LogP contribution in [0.1, 0.15) is 65.2 Å². The monoisotopic (exact) mass is 336 g/mol. The van der Waals surface area contributed by atoms with Crippen molar-refractivity contribution >= 4 is 0 Å². The second-order valence-electron chi connectivity index (χ2n) is 10.0. The van der Waals surface area contributed by atoms with Gasteiger partial charge in [-0.2, -0.15) is 0 Å². The molecule has 0 bridgehead atoms. The number of hydrogen-bond donors (Lipinski definition) is 2. The summed E-state index contributed by atoms with van der Waals surface area (Å²) < 4.78 is 5.62. The molecule has 3 nitrogen and oxygen atoms in total. The molecule has 0 spiro atoms. The number of hydrogen-bond acceptors (Lipinski definition) is 3. The smallest absolute Gasteiger partial charge is 0.0596 e. The lowest BCUT2D eigenvalue weighted by molar-refractivity contribution is -0.162. The number of rotatable bonds is 2. The molecule has 0 aromatic rings. The van der Waals surface area contributed by atoms with Crippen LogP contribution >= 0.6 is 0 Å². The van der Waals surface area contributed by atoms with E-state index in [4.69, 9.17) is 4.74 Å². The summed E-state index contributed by atoms with van der Waals surface area (Å²) in [4.78, 5) is 0. The van der Waals surface area contributed by atoms with Crippen LogP contribution in [-0.2, 0) is 4.74 Å². The Morgan fingerprint density at radius 3 is 2.33 bits per heavy atom. The minimum absolute atomic E-state index is 0.0944. The Morgan fingerprint density at radius 1 is 0.875 bits per heavy atom. The summed E-state index contributed by atoms with van der Waals surface area (Å²) in [6.07, 6.45) is 8.84. The molecule has 24 heavy (non-hydrogen) atoms. The Labute approximate surface area is 147 Å². The molecule has 0 aliphatic heterocycles. The SMILES string of the molecule is COCC1CC2C3CCC(O)C3(C)CCC2C2(C)CCC(O)CC12. The molecule has 0 saturated heterocycles. The first kappa shape index (κ1) is 17.3. The minimum atomic E-state index is -0.110. The Bertz CT molecular complexity index is 480. The van der Waals surface area contributed by atoms with Gasteiger partial charge in [-0.05, 0) is 91.8 Å². The maximum atomic E-state index is 10.6. The highest BCUT2D eigenvalue weighted by Gasteiger charge is 2.61. The van der Waals surface area contributed by atoms with E-state index in [-0.39, 0.29) is 17.6 Å². The molecule has 0 aromatic heterocycles. The van der Waals surface area contributed by atoms with Crippen molar-refractivity contribution < 1.29 is 14.9 Å². The van der Waals surface area contributed by atoms with Crippen molar-refractivity contribution in [3.8, 4) is 0 Å². The molecule has 138 valence electrons. The summed E-state index contributed by atoms with van der Waals surface area (Å²) in [5.74, 6) is 3.41. The number of aliphatic hydroxyl groups excluding tert-OH is 2. The first-order valence-corrected chi connectivity index (χ1v) is 10.2. The van der Waals surface area contributed by atoms with Crippen LogP contribution in [0.2, 0.25) is 0 Å². The number of fused-ring (bicyclic) bond motifs is 5. The minimum Gasteiger partial charge on any atom is -0.393 e. The zero-order chi connectivity index (χ0) is 17.1. The van der Waals surface area contributed by atoms with Crippen molar-refractivity contribution in [2.75, 3.05) is 13.7 Å². The van der Waals surface area contributed by atoms with Crippen LogP contribution in [-0.4, -0.2) is 36.1 Å². The molecule has 0 aromatic carbocycles. The van der Waals surface area contributed by atoms with E-state index in [1.165, 1.54) is 32.1 Å². The number of ether oxygens (including phenoxy) is 1. The Kier molecular flexibility index (Phi) is 4.29. The van der Waals surface area contributed by atoms with Gasteiger partial charge in [0.25, 0.3) is 0 Å². The van der Waals surface area contributed by atoms with Gasteiger partial charge in [0, 0.05) is 13.7 Å². The summed E-state index contributed by atoms with van der Waals surface area (Å²) in [7, 11) is 1.83. The van der Waals surface area contributed by atoms with Crippen molar-refractivity contribution in [3.05, 3.63) is 0 Å². The van der Waals surface area contributed by atoms with Crippen LogP contribution in [0.25, 0.3) is 0 Å². The Balaban J connectivity index is 1.67. The van der Waals surface area contributed by atoms with Gasteiger partial charge in [-0.3, -0.25) is 0 Å². The van der Waals surface area contributed by atoms with Gasteiger partial charge in [-0.25, -0.2) is 0 Å². The van der Waals surface area contributed by atoms with Crippen molar-refractivity contribution in [2.45, 2.75) is 77.4 Å². The predicted molar refractivity (Wildman–Crippen MR) is 94.5 cm³/mol. The summed E-state index contributed by atoms with van der Waals surface area (Å²) in [5.41, 5.74) is 0.510. The molecule has 3 heteroatoms.